The van der Waals surface area contributed by atoms with Crippen molar-refractivity contribution in [2.75, 3.05) is 0 Å². The third kappa shape index (κ3) is 2.91. The second-order valence-corrected chi connectivity index (χ2v) is 4.97. The number of aryl methyl sites for hydroxylation is 3. The van der Waals surface area contributed by atoms with Crippen LogP contribution in [0.1, 0.15) is 22.6 Å². The lowest BCUT2D eigenvalue weighted by atomic mass is 10.1. The van der Waals surface area contributed by atoms with Crippen molar-refractivity contribution in [1.82, 2.24) is 0 Å². The highest BCUT2D eigenvalue weighted by Crippen LogP contribution is 2.26. The molecule has 1 aromatic heterocycles. The Bertz CT molecular complexity index is 506. The predicted molar refractivity (Wildman–Crippen MR) is 71.4 cm³/mol. The Morgan fingerprint density at radius 3 is 2.29 bits per heavy atom. The van der Waals surface area contributed by atoms with Crippen LogP contribution in [-0.4, -0.2) is 0 Å². The highest BCUT2D eigenvalue weighted by Gasteiger charge is 2.04. The lowest BCUT2D eigenvalue weighted by Crippen LogP contribution is -1.95. The van der Waals surface area contributed by atoms with Gasteiger partial charge in [0.1, 0.15) is 23.9 Å². The maximum Gasteiger partial charge on any atom is 0.146 e. The van der Waals surface area contributed by atoms with E-state index in [2.05, 4.69) is 29.8 Å². The van der Waals surface area contributed by atoms with Gasteiger partial charge >= 0.3 is 0 Å². The van der Waals surface area contributed by atoms with E-state index in [0.29, 0.717) is 6.61 Å². The molecule has 0 saturated carbocycles. The quantitative estimate of drug-likeness (QED) is 0.829. The number of hydrogen-bond donors (Lipinski definition) is 0. The molecule has 2 aromatic rings. The molecule has 0 fully saturated rings. The summed E-state index contributed by atoms with van der Waals surface area (Å²) in [5.74, 6) is 2.63. The Balaban J connectivity index is 2.09. The Labute approximate surface area is 110 Å². The lowest BCUT2D eigenvalue weighted by molar-refractivity contribution is 0.267. The average molecular weight is 295 g/mol. The molecule has 0 amide bonds. The van der Waals surface area contributed by atoms with E-state index in [0.717, 1.165) is 21.7 Å². The normalized spacial score (nSPS) is 10.6. The topological polar surface area (TPSA) is 22.4 Å². The first-order valence-electron chi connectivity index (χ1n) is 5.51. The number of halogens is 1. The zero-order valence-electron chi connectivity index (χ0n) is 10.2. The fourth-order valence-electron chi connectivity index (χ4n) is 1.71. The van der Waals surface area contributed by atoms with Gasteiger partial charge in [0.2, 0.25) is 0 Å². The van der Waals surface area contributed by atoms with Crippen molar-refractivity contribution in [1.29, 1.82) is 0 Å². The van der Waals surface area contributed by atoms with Crippen molar-refractivity contribution in [3.63, 3.8) is 0 Å². The maximum absolute atomic E-state index is 5.71. The fourth-order valence-corrected chi connectivity index (χ4v) is 1.94. The molecule has 0 radical (unpaired) electrons. The molecule has 1 aromatic carbocycles. The summed E-state index contributed by atoms with van der Waals surface area (Å²) in [6.07, 6.45) is 0. The molecule has 2 rings (SSSR count). The van der Waals surface area contributed by atoms with Crippen molar-refractivity contribution in [2.24, 2.45) is 0 Å². The first kappa shape index (κ1) is 12.2. The zero-order valence-corrected chi connectivity index (χ0v) is 11.8. The van der Waals surface area contributed by atoms with Gasteiger partial charge in [-0.15, -0.1) is 0 Å². The molecule has 0 N–H and O–H groups in total. The molecule has 0 unspecified atom stereocenters. The number of benzene rings is 1. The molecule has 0 aliphatic rings. The summed E-state index contributed by atoms with van der Waals surface area (Å²) in [6, 6.07) is 7.92. The summed E-state index contributed by atoms with van der Waals surface area (Å²) >= 11 is 3.54. The van der Waals surface area contributed by atoms with Crippen LogP contribution < -0.4 is 4.74 Å². The molecular weight excluding hydrogens is 280 g/mol. The third-order valence-electron chi connectivity index (χ3n) is 2.59. The van der Waals surface area contributed by atoms with Crippen molar-refractivity contribution in [3.8, 4) is 5.75 Å². The molecule has 17 heavy (non-hydrogen) atoms. The van der Waals surface area contributed by atoms with Gasteiger partial charge in [-0.3, -0.25) is 0 Å². The minimum atomic E-state index is 0.467. The number of furan rings is 1. The van der Waals surface area contributed by atoms with Gasteiger partial charge in [-0.1, -0.05) is 15.9 Å². The van der Waals surface area contributed by atoms with E-state index >= 15 is 0 Å². The minimum Gasteiger partial charge on any atom is -0.486 e. The maximum atomic E-state index is 5.71. The first-order valence-corrected chi connectivity index (χ1v) is 6.30. The largest absolute Gasteiger partial charge is 0.486 e. The smallest absolute Gasteiger partial charge is 0.146 e. The van der Waals surface area contributed by atoms with Gasteiger partial charge in [0.05, 0.1) is 0 Å². The summed E-state index contributed by atoms with van der Waals surface area (Å²) in [6.45, 7) is 6.51. The van der Waals surface area contributed by atoms with E-state index in [1.54, 1.807) is 0 Å². The highest BCUT2D eigenvalue weighted by atomic mass is 79.9. The Morgan fingerprint density at radius 1 is 1.12 bits per heavy atom. The van der Waals surface area contributed by atoms with Gasteiger partial charge in [-0.25, -0.2) is 0 Å². The summed E-state index contributed by atoms with van der Waals surface area (Å²) < 4.78 is 12.3. The van der Waals surface area contributed by atoms with E-state index in [9.17, 15) is 0 Å². The van der Waals surface area contributed by atoms with Crippen LogP contribution in [0, 0.1) is 20.8 Å². The van der Waals surface area contributed by atoms with Gasteiger partial charge in [-0.2, -0.15) is 0 Å². The molecule has 0 spiro atoms. The molecule has 2 nitrogen and oxygen atoms in total. The number of ether oxygens (including phenoxy) is 1. The predicted octanol–water partition coefficient (Wildman–Crippen LogP) is 4.55. The van der Waals surface area contributed by atoms with Crippen molar-refractivity contribution < 1.29 is 9.15 Å². The van der Waals surface area contributed by atoms with Crippen molar-refractivity contribution in [2.45, 2.75) is 27.4 Å². The van der Waals surface area contributed by atoms with Crippen LogP contribution in [0.4, 0.5) is 0 Å². The lowest BCUT2D eigenvalue weighted by Gasteiger charge is -2.09. The van der Waals surface area contributed by atoms with E-state index in [4.69, 9.17) is 9.15 Å². The second kappa shape index (κ2) is 4.96. The average Bonchev–Trinajstić information content (AvgIpc) is 2.69. The van der Waals surface area contributed by atoms with E-state index in [1.165, 1.54) is 11.1 Å². The van der Waals surface area contributed by atoms with E-state index in [1.807, 2.05) is 31.2 Å². The van der Waals surface area contributed by atoms with E-state index < -0.39 is 0 Å². The van der Waals surface area contributed by atoms with Crippen LogP contribution >= 0.6 is 15.9 Å². The standard InChI is InChI=1S/C14H15BrO2/c1-9-6-13(7-10(2)14(9)15)16-8-12-5-4-11(3)17-12/h4-7H,8H2,1-3H3. The monoisotopic (exact) mass is 294 g/mol. The van der Waals surface area contributed by atoms with Gasteiger partial charge in [0, 0.05) is 4.47 Å². The van der Waals surface area contributed by atoms with Crippen LogP contribution in [0.2, 0.25) is 0 Å². The molecule has 3 heteroatoms. The third-order valence-corrected chi connectivity index (χ3v) is 3.84. The molecule has 0 aliphatic heterocycles. The van der Waals surface area contributed by atoms with Gasteiger partial charge in [0.25, 0.3) is 0 Å². The summed E-state index contributed by atoms with van der Waals surface area (Å²) in [4.78, 5) is 0. The SMILES string of the molecule is Cc1ccc(COc2cc(C)c(Br)c(C)c2)o1. The molecule has 0 aliphatic carbocycles. The zero-order chi connectivity index (χ0) is 12.4. The van der Waals surface area contributed by atoms with Crippen LogP contribution in [0.3, 0.4) is 0 Å². The van der Waals surface area contributed by atoms with Gasteiger partial charge in [-0.05, 0) is 56.2 Å². The Kier molecular flexibility index (Phi) is 3.57. The van der Waals surface area contributed by atoms with Crippen LogP contribution in [0.15, 0.2) is 33.2 Å². The second-order valence-electron chi connectivity index (χ2n) is 4.17. The summed E-state index contributed by atoms with van der Waals surface area (Å²) in [5.41, 5.74) is 2.35. The van der Waals surface area contributed by atoms with Crippen molar-refractivity contribution >= 4 is 15.9 Å². The van der Waals surface area contributed by atoms with Gasteiger partial charge in [0.15, 0.2) is 0 Å². The first-order chi connectivity index (χ1) is 8.06. The summed E-state index contributed by atoms with van der Waals surface area (Å²) in [7, 11) is 0. The van der Waals surface area contributed by atoms with Crippen LogP contribution in [-0.2, 0) is 6.61 Å². The molecule has 90 valence electrons. The van der Waals surface area contributed by atoms with Crippen LogP contribution in [0.5, 0.6) is 5.75 Å². The molecule has 0 saturated heterocycles. The van der Waals surface area contributed by atoms with Gasteiger partial charge < -0.3 is 9.15 Å². The minimum absolute atomic E-state index is 0.467. The number of hydrogen-bond acceptors (Lipinski definition) is 2. The molecule has 0 atom stereocenters. The molecular formula is C14H15BrO2. The van der Waals surface area contributed by atoms with Crippen molar-refractivity contribution in [3.05, 3.63) is 51.4 Å². The van der Waals surface area contributed by atoms with Crippen LogP contribution in [0.25, 0.3) is 0 Å². The Morgan fingerprint density at radius 2 is 1.76 bits per heavy atom. The number of rotatable bonds is 3. The fraction of sp³-hybridized carbons (Fsp3) is 0.286. The Hall–Kier alpha value is -1.22. The molecule has 1 heterocycles. The highest BCUT2D eigenvalue weighted by molar-refractivity contribution is 9.10. The molecule has 0 bridgehead atoms. The summed E-state index contributed by atoms with van der Waals surface area (Å²) in [5, 5.41) is 0. The van der Waals surface area contributed by atoms with E-state index in [-0.39, 0.29) is 0 Å².